The van der Waals surface area contributed by atoms with Gasteiger partial charge in [-0.25, -0.2) is 26.6 Å². The van der Waals surface area contributed by atoms with E-state index in [0.29, 0.717) is 22.0 Å². The number of benzene rings is 3. The van der Waals surface area contributed by atoms with Gasteiger partial charge in [-0.1, -0.05) is 36.4 Å². The smallest absolute Gasteiger partial charge is 0.255 e. The summed E-state index contributed by atoms with van der Waals surface area (Å²) in [5.41, 5.74) is 3.56. The van der Waals surface area contributed by atoms with Crippen LogP contribution in [0.3, 0.4) is 0 Å². The number of allylic oxidation sites excluding steroid dienone is 1. The first kappa shape index (κ1) is 28.3. The maximum atomic E-state index is 12.8. The van der Waals surface area contributed by atoms with Crippen molar-refractivity contribution >= 4 is 54.5 Å². The van der Waals surface area contributed by atoms with Gasteiger partial charge in [-0.2, -0.15) is 0 Å². The Bertz CT molecular complexity index is 1570. The Morgan fingerprint density at radius 3 is 2.32 bits per heavy atom. The Balaban J connectivity index is 1.77. The Labute approximate surface area is 222 Å². The first-order valence-corrected chi connectivity index (χ1v) is 15.0. The number of rotatable bonds is 10. The van der Waals surface area contributed by atoms with Crippen LogP contribution in [-0.4, -0.2) is 47.0 Å². The number of anilines is 1. The van der Waals surface area contributed by atoms with Crippen LogP contribution in [0.25, 0.3) is 0 Å². The van der Waals surface area contributed by atoms with Gasteiger partial charge in [0.1, 0.15) is 9.84 Å². The summed E-state index contributed by atoms with van der Waals surface area (Å²) < 4.78 is 49.4. The molecule has 37 heavy (non-hydrogen) atoms. The van der Waals surface area contributed by atoms with Gasteiger partial charge in [0.25, 0.3) is 5.91 Å². The molecule has 11 heteroatoms. The van der Waals surface area contributed by atoms with Crippen LogP contribution in [0.4, 0.5) is 11.4 Å². The Morgan fingerprint density at radius 2 is 1.70 bits per heavy atom. The molecule has 2 N–H and O–H groups in total. The normalized spacial score (nSPS) is 12.2. The minimum atomic E-state index is -3.92. The molecule has 0 heterocycles. The van der Waals surface area contributed by atoms with Gasteiger partial charge < -0.3 is 5.32 Å². The maximum Gasteiger partial charge on any atom is 0.255 e. The number of carbonyl (C=O) groups excluding carboxylic acids is 1. The van der Waals surface area contributed by atoms with Gasteiger partial charge in [0.15, 0.2) is 0 Å². The van der Waals surface area contributed by atoms with Crippen LogP contribution in [0.5, 0.6) is 0 Å². The van der Waals surface area contributed by atoms with E-state index in [4.69, 9.17) is 11.6 Å². The van der Waals surface area contributed by atoms with Gasteiger partial charge in [0.2, 0.25) is 10.0 Å². The summed E-state index contributed by atoms with van der Waals surface area (Å²) in [4.78, 5) is 17.4. The summed E-state index contributed by atoms with van der Waals surface area (Å²) in [6, 6.07) is 17.9. The Kier molecular flexibility index (Phi) is 9.03. The van der Waals surface area contributed by atoms with E-state index in [1.165, 1.54) is 24.3 Å². The lowest BCUT2D eigenvalue weighted by Crippen LogP contribution is -2.29. The van der Waals surface area contributed by atoms with Crippen LogP contribution < -0.4 is 10.0 Å². The van der Waals surface area contributed by atoms with Crippen LogP contribution in [-0.2, 0) is 19.9 Å². The van der Waals surface area contributed by atoms with E-state index in [1.807, 2.05) is 31.2 Å². The molecule has 0 radical (unpaired) electrons. The average molecular weight is 560 g/mol. The molecule has 0 aliphatic rings. The van der Waals surface area contributed by atoms with Crippen molar-refractivity contribution in [1.82, 2.24) is 4.72 Å². The van der Waals surface area contributed by atoms with E-state index in [9.17, 15) is 21.6 Å². The van der Waals surface area contributed by atoms with Crippen molar-refractivity contribution in [2.45, 2.75) is 11.8 Å². The van der Waals surface area contributed by atoms with Gasteiger partial charge in [-0.3, -0.25) is 4.79 Å². The minimum absolute atomic E-state index is 0.0885. The monoisotopic (exact) mass is 559 g/mol. The van der Waals surface area contributed by atoms with Crippen molar-refractivity contribution in [2.75, 3.05) is 23.9 Å². The van der Waals surface area contributed by atoms with Crippen LogP contribution in [0.1, 0.15) is 21.5 Å². The molecule has 0 aromatic heterocycles. The van der Waals surface area contributed by atoms with Crippen LogP contribution >= 0.6 is 11.6 Å². The summed E-state index contributed by atoms with van der Waals surface area (Å²) in [6.45, 7) is 5.54. The number of nitrogens with zero attached hydrogens (tertiary/aromatic N) is 1. The summed E-state index contributed by atoms with van der Waals surface area (Å²) in [5.74, 6) is -0.780. The fraction of sp³-hybridized carbons (Fsp3) is 0.154. The summed E-state index contributed by atoms with van der Waals surface area (Å²) in [5, 5.41) is 3.20. The average Bonchev–Trinajstić information content (AvgIpc) is 2.84. The zero-order valence-electron chi connectivity index (χ0n) is 20.2. The number of carbonyl (C=O) groups is 1. The molecule has 0 unspecified atom stereocenters. The predicted octanol–water partition coefficient (Wildman–Crippen LogP) is 4.53. The third-order valence-corrected chi connectivity index (χ3v) is 7.99. The van der Waals surface area contributed by atoms with Crippen molar-refractivity contribution in [3.8, 4) is 0 Å². The molecule has 3 aromatic carbocycles. The molecule has 0 aliphatic carbocycles. The second-order valence-corrected chi connectivity index (χ2v) is 12.6. The molecule has 0 fully saturated rings. The lowest BCUT2D eigenvalue weighted by Gasteiger charge is -2.11. The fourth-order valence-electron chi connectivity index (χ4n) is 3.27. The van der Waals surface area contributed by atoms with Crippen molar-refractivity contribution < 1.29 is 21.6 Å². The minimum Gasteiger partial charge on any atom is -0.322 e. The molecular weight excluding hydrogens is 534 g/mol. The van der Waals surface area contributed by atoms with Crippen LogP contribution in [0.15, 0.2) is 89.3 Å². The van der Waals surface area contributed by atoms with E-state index in [-0.39, 0.29) is 22.8 Å². The van der Waals surface area contributed by atoms with Crippen molar-refractivity contribution in [3.05, 3.63) is 101 Å². The third kappa shape index (κ3) is 7.83. The van der Waals surface area contributed by atoms with Crippen molar-refractivity contribution in [2.24, 2.45) is 4.99 Å². The molecule has 3 rings (SSSR count). The quantitative estimate of drug-likeness (QED) is 0.353. The van der Waals surface area contributed by atoms with Gasteiger partial charge in [-0.15, -0.1) is 0 Å². The highest BCUT2D eigenvalue weighted by Crippen LogP contribution is 2.25. The zero-order chi connectivity index (χ0) is 27.2. The van der Waals surface area contributed by atoms with Crippen LogP contribution in [0.2, 0.25) is 5.02 Å². The molecular formula is C26H26ClN3O5S2. The number of nitrogens with one attached hydrogen (secondary N) is 2. The second kappa shape index (κ2) is 11.8. The van der Waals surface area contributed by atoms with E-state index < -0.39 is 25.8 Å². The summed E-state index contributed by atoms with van der Waals surface area (Å²) in [6.07, 6.45) is 2.61. The first-order chi connectivity index (χ1) is 17.4. The number of sulfonamides is 1. The zero-order valence-corrected chi connectivity index (χ0v) is 22.6. The van der Waals surface area contributed by atoms with E-state index in [2.05, 4.69) is 21.6 Å². The summed E-state index contributed by atoms with van der Waals surface area (Å²) in [7, 11) is -7.23. The van der Waals surface area contributed by atoms with Gasteiger partial charge in [-0.05, 0) is 67.1 Å². The fourth-order valence-corrected chi connectivity index (χ4v) is 5.12. The standard InChI is InChI=1S/C26H26ClN3O5S2/c1-4-24(30-25-8-6-5-7-18(25)2)22-17-20(11-14-23(22)27)29-26(31)19-9-12-21(13-10-19)37(34,35)28-15-16-36(3,32)33/h4-14,17,28H,1,15-16H2,2-3H3,(H,29,31). The number of aliphatic imine (C=N–C) groups is 1. The summed E-state index contributed by atoms with van der Waals surface area (Å²) >= 11 is 6.41. The van der Waals surface area contributed by atoms with E-state index in [1.54, 1.807) is 24.3 Å². The molecule has 8 nitrogen and oxygen atoms in total. The number of amides is 1. The van der Waals surface area contributed by atoms with Gasteiger partial charge >= 0.3 is 0 Å². The SMILES string of the molecule is C=CC(=Nc1ccccc1C)c1cc(NC(=O)c2ccc(S(=O)(=O)NCCS(C)(=O)=O)cc2)ccc1Cl. The molecule has 0 saturated heterocycles. The highest BCUT2D eigenvalue weighted by molar-refractivity contribution is 7.91. The highest BCUT2D eigenvalue weighted by Gasteiger charge is 2.16. The molecule has 0 atom stereocenters. The molecule has 0 aliphatic heterocycles. The number of hydrogen-bond acceptors (Lipinski definition) is 6. The molecule has 194 valence electrons. The molecule has 0 saturated carbocycles. The maximum absolute atomic E-state index is 12.8. The number of sulfone groups is 1. The van der Waals surface area contributed by atoms with E-state index >= 15 is 0 Å². The number of para-hydroxylation sites is 1. The number of hydrogen-bond donors (Lipinski definition) is 2. The molecule has 3 aromatic rings. The van der Waals surface area contributed by atoms with Gasteiger partial charge in [0, 0.05) is 29.6 Å². The molecule has 1 amide bonds. The lowest BCUT2D eigenvalue weighted by molar-refractivity contribution is 0.102. The van der Waals surface area contributed by atoms with Crippen molar-refractivity contribution in [3.63, 3.8) is 0 Å². The lowest BCUT2D eigenvalue weighted by atomic mass is 10.1. The predicted molar refractivity (Wildman–Crippen MR) is 148 cm³/mol. The number of aryl methyl sites for hydroxylation is 1. The number of halogens is 1. The largest absolute Gasteiger partial charge is 0.322 e. The second-order valence-electron chi connectivity index (χ2n) is 8.19. The van der Waals surface area contributed by atoms with Crippen LogP contribution in [0, 0.1) is 6.92 Å². The third-order valence-electron chi connectivity index (χ3n) is 5.24. The molecule has 0 spiro atoms. The first-order valence-electron chi connectivity index (χ1n) is 11.0. The van der Waals surface area contributed by atoms with Crippen molar-refractivity contribution in [1.29, 1.82) is 0 Å². The highest BCUT2D eigenvalue weighted by atomic mass is 35.5. The van der Waals surface area contributed by atoms with Gasteiger partial charge in [0.05, 0.1) is 27.1 Å². The topological polar surface area (TPSA) is 122 Å². The molecule has 0 bridgehead atoms. The Hall–Kier alpha value is -3.31. The van der Waals surface area contributed by atoms with E-state index in [0.717, 1.165) is 17.5 Å². The Morgan fingerprint density at radius 1 is 1.03 bits per heavy atom.